The van der Waals surface area contributed by atoms with Gasteiger partial charge in [-0.1, -0.05) is 12.1 Å². The van der Waals surface area contributed by atoms with Crippen LogP contribution in [0.25, 0.3) is 0 Å². The zero-order chi connectivity index (χ0) is 17.1. The zero-order valence-corrected chi connectivity index (χ0v) is 13.6. The van der Waals surface area contributed by atoms with E-state index in [1.165, 1.54) is 12.1 Å². The van der Waals surface area contributed by atoms with Crippen LogP contribution in [0.15, 0.2) is 24.3 Å². The molecule has 9 heteroatoms. The van der Waals surface area contributed by atoms with Crippen molar-refractivity contribution in [2.24, 2.45) is 0 Å². The number of nitrogens with zero attached hydrogens (tertiary/aromatic N) is 1. The fraction of sp³-hybridized carbons (Fsp3) is 0.600. The summed E-state index contributed by atoms with van der Waals surface area (Å²) in [4.78, 5) is 1.89. The summed E-state index contributed by atoms with van der Waals surface area (Å²) in [7, 11) is 0. The Balaban J connectivity index is 0.00000288. The number of hydrogen-bond acceptors (Lipinski definition) is 2. The van der Waals surface area contributed by atoms with Gasteiger partial charge in [0.05, 0.1) is 5.56 Å². The lowest BCUT2D eigenvalue weighted by molar-refractivity contribution is -0.138. The van der Waals surface area contributed by atoms with Gasteiger partial charge in [-0.2, -0.15) is 26.3 Å². The van der Waals surface area contributed by atoms with Crippen molar-refractivity contribution in [2.45, 2.75) is 31.2 Å². The second kappa shape index (κ2) is 8.40. The summed E-state index contributed by atoms with van der Waals surface area (Å²) in [5.74, 6) is 0. The molecule has 1 fully saturated rings. The van der Waals surface area contributed by atoms with Crippen molar-refractivity contribution in [2.75, 3.05) is 26.2 Å². The first kappa shape index (κ1) is 21.1. The molecule has 0 spiro atoms. The van der Waals surface area contributed by atoms with Crippen LogP contribution in [0.1, 0.15) is 30.0 Å². The Morgan fingerprint density at radius 3 is 1.96 bits per heavy atom. The third-order valence-electron chi connectivity index (χ3n) is 3.92. The molecule has 1 aromatic carbocycles. The van der Waals surface area contributed by atoms with Gasteiger partial charge in [-0.05, 0) is 24.1 Å². The minimum Gasteiger partial charge on any atom is -0.314 e. The van der Waals surface area contributed by atoms with E-state index in [4.69, 9.17) is 0 Å². The normalized spacial score (nSPS) is 18.1. The van der Waals surface area contributed by atoms with Gasteiger partial charge in [-0.25, -0.2) is 0 Å². The molecule has 0 aromatic heterocycles. The van der Waals surface area contributed by atoms with Gasteiger partial charge in [0.1, 0.15) is 0 Å². The fourth-order valence-electron chi connectivity index (χ4n) is 2.75. The zero-order valence-electron chi connectivity index (χ0n) is 12.8. The molecule has 1 N–H and O–H groups in total. The summed E-state index contributed by atoms with van der Waals surface area (Å²) in [6.07, 6.45) is -9.84. The van der Waals surface area contributed by atoms with Gasteiger partial charge < -0.3 is 5.32 Å². The van der Waals surface area contributed by atoms with E-state index in [1.807, 2.05) is 4.90 Å². The lowest BCUT2D eigenvalue weighted by atomic mass is 9.98. The van der Waals surface area contributed by atoms with Crippen LogP contribution >= 0.6 is 12.4 Å². The smallest absolute Gasteiger partial charge is 0.314 e. The quantitative estimate of drug-likeness (QED) is 0.783. The number of hydrogen-bond donors (Lipinski definition) is 1. The van der Waals surface area contributed by atoms with Crippen molar-refractivity contribution >= 4 is 12.4 Å². The topological polar surface area (TPSA) is 15.3 Å². The molecular formula is C15H19ClF6N2. The van der Waals surface area contributed by atoms with E-state index in [1.54, 1.807) is 0 Å². The fourth-order valence-corrected chi connectivity index (χ4v) is 2.75. The van der Waals surface area contributed by atoms with E-state index in [2.05, 4.69) is 5.32 Å². The van der Waals surface area contributed by atoms with Gasteiger partial charge in [-0.15, -0.1) is 12.4 Å². The Kier molecular flexibility index (Phi) is 7.37. The second-order valence-electron chi connectivity index (χ2n) is 5.58. The highest BCUT2D eigenvalue weighted by Crippen LogP contribution is 2.34. The predicted octanol–water partition coefficient (Wildman–Crippen LogP) is 4.42. The monoisotopic (exact) mass is 376 g/mol. The van der Waals surface area contributed by atoms with Gasteiger partial charge in [0.25, 0.3) is 0 Å². The van der Waals surface area contributed by atoms with E-state index < -0.39 is 30.4 Å². The van der Waals surface area contributed by atoms with Gasteiger partial charge in [0, 0.05) is 38.6 Å². The molecule has 1 aliphatic heterocycles. The highest BCUT2D eigenvalue weighted by molar-refractivity contribution is 5.85. The lowest BCUT2D eigenvalue weighted by Crippen LogP contribution is -2.45. The number of halogens is 7. The highest BCUT2D eigenvalue weighted by Gasteiger charge is 2.33. The van der Waals surface area contributed by atoms with Crippen LogP contribution in [0.3, 0.4) is 0 Å². The maximum Gasteiger partial charge on any atom is 0.416 e. The molecule has 1 atom stereocenters. The van der Waals surface area contributed by atoms with Crippen LogP contribution in [-0.4, -0.2) is 37.3 Å². The maximum absolute atomic E-state index is 12.6. The molecule has 1 heterocycles. The first-order chi connectivity index (χ1) is 10.7. The van der Waals surface area contributed by atoms with E-state index in [0.29, 0.717) is 31.7 Å². The van der Waals surface area contributed by atoms with Crippen molar-refractivity contribution in [1.82, 2.24) is 10.2 Å². The molecule has 1 aromatic rings. The number of piperazine rings is 1. The first-order valence-corrected chi connectivity index (χ1v) is 7.35. The molecule has 24 heavy (non-hydrogen) atoms. The molecule has 2 nitrogen and oxygen atoms in total. The van der Waals surface area contributed by atoms with Crippen molar-refractivity contribution in [3.05, 3.63) is 35.4 Å². The van der Waals surface area contributed by atoms with Gasteiger partial charge in [-0.3, -0.25) is 4.90 Å². The largest absolute Gasteiger partial charge is 0.416 e. The molecular weight excluding hydrogens is 358 g/mol. The standard InChI is InChI=1S/C15H18F6N2.ClH/c16-14(17,18)6-5-13(23-9-7-22-8-10-23)11-1-3-12(4-2-11)15(19,20)21;/h1-4,13,22H,5-10H2;1H/t13-;/m0./s1. The van der Waals surface area contributed by atoms with Crippen LogP contribution in [0.4, 0.5) is 26.3 Å². The van der Waals surface area contributed by atoms with E-state index in [0.717, 1.165) is 12.1 Å². The predicted molar refractivity (Wildman–Crippen MR) is 81.2 cm³/mol. The van der Waals surface area contributed by atoms with Crippen molar-refractivity contribution in [3.8, 4) is 0 Å². The number of rotatable bonds is 4. The molecule has 0 unspecified atom stereocenters. The minimum atomic E-state index is -4.45. The third-order valence-corrected chi connectivity index (χ3v) is 3.92. The van der Waals surface area contributed by atoms with Crippen LogP contribution in [0, 0.1) is 0 Å². The van der Waals surface area contributed by atoms with Gasteiger partial charge >= 0.3 is 12.4 Å². The van der Waals surface area contributed by atoms with Gasteiger partial charge in [0.15, 0.2) is 0 Å². The molecule has 138 valence electrons. The van der Waals surface area contributed by atoms with Crippen LogP contribution in [-0.2, 0) is 6.18 Å². The molecule has 0 saturated carbocycles. The Hall–Kier alpha value is -0.990. The summed E-state index contributed by atoms with van der Waals surface area (Å²) < 4.78 is 75.5. The Labute approximate surface area is 142 Å². The Bertz CT molecular complexity index is 494. The molecule has 2 rings (SSSR count). The lowest BCUT2D eigenvalue weighted by Gasteiger charge is -2.35. The van der Waals surface area contributed by atoms with Crippen molar-refractivity contribution in [3.63, 3.8) is 0 Å². The highest BCUT2D eigenvalue weighted by atomic mass is 35.5. The SMILES string of the molecule is Cl.FC(F)(F)CC[C@@H](c1ccc(C(F)(F)F)cc1)N1CCNCC1. The van der Waals surface area contributed by atoms with Crippen molar-refractivity contribution in [1.29, 1.82) is 0 Å². The summed E-state index contributed by atoms with van der Waals surface area (Å²) in [5.41, 5.74) is -0.305. The van der Waals surface area contributed by atoms with E-state index in [-0.39, 0.29) is 18.8 Å². The third kappa shape index (κ3) is 6.14. The number of benzene rings is 1. The molecule has 1 aliphatic rings. The van der Waals surface area contributed by atoms with Crippen LogP contribution < -0.4 is 5.32 Å². The average Bonchev–Trinajstić information content (AvgIpc) is 2.47. The summed E-state index contributed by atoms with van der Waals surface area (Å²) in [6.45, 7) is 2.46. The summed E-state index contributed by atoms with van der Waals surface area (Å²) in [5, 5.41) is 3.11. The molecule has 1 saturated heterocycles. The minimum absolute atomic E-state index is 0. The molecule has 0 amide bonds. The number of alkyl halides is 6. The summed E-state index contributed by atoms with van der Waals surface area (Å²) >= 11 is 0. The Morgan fingerprint density at radius 1 is 0.958 bits per heavy atom. The maximum atomic E-state index is 12.6. The summed E-state index contributed by atoms with van der Waals surface area (Å²) in [6, 6.07) is 3.90. The van der Waals surface area contributed by atoms with E-state index >= 15 is 0 Å². The Morgan fingerprint density at radius 2 is 1.50 bits per heavy atom. The molecule has 0 aliphatic carbocycles. The number of nitrogens with one attached hydrogen (secondary N) is 1. The second-order valence-corrected chi connectivity index (χ2v) is 5.58. The molecule has 0 bridgehead atoms. The van der Waals surface area contributed by atoms with Crippen LogP contribution in [0.5, 0.6) is 0 Å². The first-order valence-electron chi connectivity index (χ1n) is 7.35. The van der Waals surface area contributed by atoms with Crippen molar-refractivity contribution < 1.29 is 26.3 Å². The van der Waals surface area contributed by atoms with Gasteiger partial charge in [0.2, 0.25) is 0 Å². The van der Waals surface area contributed by atoms with Crippen LogP contribution in [0.2, 0.25) is 0 Å². The van der Waals surface area contributed by atoms with E-state index in [9.17, 15) is 26.3 Å². The average molecular weight is 377 g/mol. The molecule has 0 radical (unpaired) electrons.